The van der Waals surface area contributed by atoms with Gasteiger partial charge in [-0.1, -0.05) is 19.3 Å². The van der Waals surface area contributed by atoms with E-state index in [2.05, 4.69) is 30.8 Å². The van der Waals surface area contributed by atoms with Crippen LogP contribution in [0.25, 0.3) is 0 Å². The first-order chi connectivity index (χ1) is 16.5. The normalized spacial score (nSPS) is 18.9. The number of carbonyl (C=O) groups excluding carboxylic acids is 2. The highest BCUT2D eigenvalue weighted by Crippen LogP contribution is 2.27. The Balaban J connectivity index is 1.30. The van der Waals surface area contributed by atoms with E-state index in [1.807, 2.05) is 6.92 Å². The number of aromatic nitrogens is 2. The second-order valence-corrected chi connectivity index (χ2v) is 9.26. The molecule has 1 aromatic heterocycles. The second kappa shape index (κ2) is 11.3. The second-order valence-electron chi connectivity index (χ2n) is 9.26. The summed E-state index contributed by atoms with van der Waals surface area (Å²) < 4.78 is 5.42. The van der Waals surface area contributed by atoms with E-state index in [9.17, 15) is 9.59 Å². The van der Waals surface area contributed by atoms with Crippen molar-refractivity contribution in [2.75, 3.05) is 37.4 Å². The molecule has 0 spiro atoms. The van der Waals surface area contributed by atoms with Crippen LogP contribution in [-0.2, 0) is 0 Å². The molecule has 1 atom stereocenters. The van der Waals surface area contributed by atoms with E-state index < -0.39 is 6.03 Å². The summed E-state index contributed by atoms with van der Waals surface area (Å²) in [5.74, 6) is 1.42. The minimum Gasteiger partial charge on any atom is -0.495 e. The minimum absolute atomic E-state index is 0.131. The van der Waals surface area contributed by atoms with E-state index in [1.54, 1.807) is 24.4 Å². The number of benzene rings is 1. The Morgan fingerprint density at radius 1 is 1.09 bits per heavy atom. The summed E-state index contributed by atoms with van der Waals surface area (Å²) in [5, 5.41) is 8.51. The van der Waals surface area contributed by atoms with Gasteiger partial charge in [0.05, 0.1) is 30.9 Å². The van der Waals surface area contributed by atoms with Gasteiger partial charge in [-0.15, -0.1) is 0 Å². The highest BCUT2D eigenvalue weighted by Gasteiger charge is 2.27. The Morgan fingerprint density at radius 2 is 1.91 bits per heavy atom. The van der Waals surface area contributed by atoms with Crippen molar-refractivity contribution >= 4 is 23.4 Å². The van der Waals surface area contributed by atoms with Gasteiger partial charge in [-0.3, -0.25) is 15.1 Å². The van der Waals surface area contributed by atoms with Crippen molar-refractivity contribution in [2.45, 2.75) is 51.5 Å². The maximum Gasteiger partial charge on any atom is 0.324 e. The highest BCUT2D eigenvalue weighted by molar-refractivity contribution is 6.01. The van der Waals surface area contributed by atoms with Crippen LogP contribution in [-0.4, -0.2) is 59.6 Å². The minimum atomic E-state index is -0.474. The molecule has 1 aromatic carbocycles. The fourth-order valence-electron chi connectivity index (χ4n) is 4.78. The van der Waals surface area contributed by atoms with Gasteiger partial charge in [-0.2, -0.15) is 0 Å². The van der Waals surface area contributed by atoms with Crippen molar-refractivity contribution in [1.29, 1.82) is 0 Å². The molecule has 2 aromatic rings. The van der Waals surface area contributed by atoms with Crippen molar-refractivity contribution < 1.29 is 14.3 Å². The molecule has 1 saturated carbocycles. The van der Waals surface area contributed by atoms with E-state index in [0.717, 1.165) is 37.7 Å². The average Bonchev–Trinajstić information content (AvgIpc) is 3.27. The molecule has 2 fully saturated rings. The van der Waals surface area contributed by atoms with Crippen LogP contribution in [0.1, 0.15) is 54.6 Å². The lowest BCUT2D eigenvalue weighted by atomic mass is 9.89. The average molecular weight is 467 g/mol. The van der Waals surface area contributed by atoms with Gasteiger partial charge >= 0.3 is 6.03 Å². The lowest BCUT2D eigenvalue weighted by Crippen LogP contribution is -2.38. The van der Waals surface area contributed by atoms with Crippen LogP contribution < -0.4 is 20.7 Å². The SMILES string of the molecule is COc1cc(C(=O)N[C@@H]2CCN(CC3CCCCC3)C2)ccc1NC(=O)Nc1cnc(C)cn1. The number of likely N-dealkylation sites (tertiary alicyclic amines) is 1. The summed E-state index contributed by atoms with van der Waals surface area (Å²) in [6.07, 6.45) is 10.8. The lowest BCUT2D eigenvalue weighted by Gasteiger charge is -2.26. The third-order valence-electron chi connectivity index (χ3n) is 6.58. The van der Waals surface area contributed by atoms with E-state index in [0.29, 0.717) is 22.8 Å². The summed E-state index contributed by atoms with van der Waals surface area (Å²) in [6, 6.07) is 4.68. The molecule has 2 heterocycles. The Bertz CT molecular complexity index is 991. The highest BCUT2D eigenvalue weighted by atomic mass is 16.5. The molecule has 0 radical (unpaired) electrons. The summed E-state index contributed by atoms with van der Waals surface area (Å²) in [6.45, 7) is 4.91. The molecule has 0 bridgehead atoms. The van der Waals surface area contributed by atoms with Gasteiger partial charge in [0.1, 0.15) is 5.75 Å². The summed E-state index contributed by atoms with van der Waals surface area (Å²) in [5.41, 5.74) is 1.71. The summed E-state index contributed by atoms with van der Waals surface area (Å²) in [7, 11) is 1.51. The summed E-state index contributed by atoms with van der Waals surface area (Å²) in [4.78, 5) is 35.9. The molecule has 3 N–H and O–H groups in total. The number of hydrogen-bond acceptors (Lipinski definition) is 6. The number of nitrogens with one attached hydrogen (secondary N) is 3. The fraction of sp³-hybridized carbons (Fsp3) is 0.520. The molecular weight excluding hydrogens is 432 g/mol. The molecule has 1 aliphatic heterocycles. The van der Waals surface area contributed by atoms with E-state index >= 15 is 0 Å². The Labute approximate surface area is 200 Å². The standard InChI is InChI=1S/C25H34N6O3/c1-17-13-27-23(14-26-17)30-25(33)29-21-9-8-19(12-22(21)34-2)24(32)28-20-10-11-31(16-20)15-18-6-4-3-5-7-18/h8-9,12-14,18,20H,3-7,10-11,15-16H2,1-2H3,(H,28,32)(H2,27,29,30,33)/t20-/m1/s1. The van der Waals surface area contributed by atoms with Crippen molar-refractivity contribution in [3.8, 4) is 5.75 Å². The van der Waals surface area contributed by atoms with Gasteiger partial charge in [0.15, 0.2) is 5.82 Å². The first-order valence-electron chi connectivity index (χ1n) is 12.1. The Morgan fingerprint density at radius 3 is 2.65 bits per heavy atom. The first-order valence-corrected chi connectivity index (χ1v) is 12.1. The van der Waals surface area contributed by atoms with Crippen LogP contribution in [0, 0.1) is 12.8 Å². The number of anilines is 2. The molecule has 0 unspecified atom stereocenters. The lowest BCUT2D eigenvalue weighted by molar-refractivity contribution is 0.0936. The van der Waals surface area contributed by atoms with E-state index in [1.165, 1.54) is 45.4 Å². The predicted octanol–water partition coefficient (Wildman–Crippen LogP) is 3.82. The van der Waals surface area contributed by atoms with Crippen LogP contribution in [0.3, 0.4) is 0 Å². The number of rotatable bonds is 7. The fourth-order valence-corrected chi connectivity index (χ4v) is 4.78. The molecule has 9 heteroatoms. The monoisotopic (exact) mass is 466 g/mol. The zero-order valence-electron chi connectivity index (χ0n) is 20.0. The van der Waals surface area contributed by atoms with Gasteiger partial charge in [-0.25, -0.2) is 9.78 Å². The van der Waals surface area contributed by atoms with E-state index in [-0.39, 0.29) is 11.9 Å². The largest absolute Gasteiger partial charge is 0.495 e. The van der Waals surface area contributed by atoms with Crippen molar-refractivity contribution in [2.24, 2.45) is 5.92 Å². The van der Waals surface area contributed by atoms with Crippen LogP contribution in [0.5, 0.6) is 5.75 Å². The third-order valence-corrected chi connectivity index (χ3v) is 6.58. The molecule has 4 rings (SSSR count). The number of urea groups is 1. The number of hydrogen-bond donors (Lipinski definition) is 3. The number of aryl methyl sites for hydroxylation is 1. The Hall–Kier alpha value is -3.20. The Kier molecular flexibility index (Phi) is 7.95. The molecule has 34 heavy (non-hydrogen) atoms. The van der Waals surface area contributed by atoms with Crippen molar-refractivity contribution in [3.63, 3.8) is 0 Å². The van der Waals surface area contributed by atoms with Gasteiger partial charge in [-0.05, 0) is 50.3 Å². The maximum atomic E-state index is 12.9. The topological polar surface area (TPSA) is 108 Å². The molecule has 1 saturated heterocycles. The number of carbonyl (C=O) groups is 2. The van der Waals surface area contributed by atoms with Gasteiger partial charge in [0.2, 0.25) is 0 Å². The maximum absolute atomic E-state index is 12.9. The van der Waals surface area contributed by atoms with Crippen LogP contribution >= 0.6 is 0 Å². The first kappa shape index (κ1) is 23.9. The van der Waals surface area contributed by atoms with Gasteiger partial charge in [0, 0.05) is 31.2 Å². The van der Waals surface area contributed by atoms with Gasteiger partial charge < -0.3 is 20.3 Å². The molecular formula is C25H34N6O3. The predicted molar refractivity (Wildman–Crippen MR) is 131 cm³/mol. The third kappa shape index (κ3) is 6.44. The molecule has 2 aliphatic rings. The molecule has 1 aliphatic carbocycles. The molecule has 9 nitrogen and oxygen atoms in total. The number of ether oxygens (including phenoxy) is 1. The van der Waals surface area contributed by atoms with Gasteiger partial charge in [0.25, 0.3) is 5.91 Å². The quantitative estimate of drug-likeness (QED) is 0.572. The number of amides is 3. The number of nitrogens with zero attached hydrogens (tertiary/aromatic N) is 3. The summed E-state index contributed by atoms with van der Waals surface area (Å²) >= 11 is 0. The van der Waals surface area contributed by atoms with Crippen molar-refractivity contribution in [1.82, 2.24) is 20.2 Å². The van der Waals surface area contributed by atoms with Crippen LogP contribution in [0.2, 0.25) is 0 Å². The zero-order valence-corrected chi connectivity index (χ0v) is 20.0. The molecule has 182 valence electrons. The van der Waals surface area contributed by atoms with E-state index in [4.69, 9.17) is 4.74 Å². The van der Waals surface area contributed by atoms with Crippen molar-refractivity contribution in [3.05, 3.63) is 41.9 Å². The number of methoxy groups -OCH3 is 1. The molecule has 3 amide bonds. The van der Waals surface area contributed by atoms with Crippen LogP contribution in [0.15, 0.2) is 30.6 Å². The van der Waals surface area contributed by atoms with Crippen LogP contribution in [0.4, 0.5) is 16.3 Å². The smallest absolute Gasteiger partial charge is 0.324 e. The zero-order chi connectivity index (χ0) is 23.9.